The van der Waals surface area contributed by atoms with Crippen LogP contribution in [-0.4, -0.2) is 5.91 Å². The standard InChI is InChI=1S/C9H10INO/c10-11-9(12)7-6-8-4-2-1-3-5-8/h1-5H,6-7H2,(H,11,12). The maximum Gasteiger partial charge on any atom is 0.228 e. The molecule has 1 N–H and O–H groups in total. The fourth-order valence-electron chi connectivity index (χ4n) is 0.950. The van der Waals surface area contributed by atoms with Crippen LogP contribution < -0.4 is 3.53 Å². The SMILES string of the molecule is O=C(CCc1ccccc1)NI. The summed E-state index contributed by atoms with van der Waals surface area (Å²) in [5.41, 5.74) is 1.21. The molecule has 1 aromatic rings. The van der Waals surface area contributed by atoms with Crippen molar-refractivity contribution in [2.45, 2.75) is 12.8 Å². The van der Waals surface area contributed by atoms with E-state index in [9.17, 15) is 4.79 Å². The van der Waals surface area contributed by atoms with Gasteiger partial charge >= 0.3 is 0 Å². The Labute approximate surface area is 85.9 Å². The monoisotopic (exact) mass is 275 g/mol. The van der Waals surface area contributed by atoms with E-state index in [2.05, 4.69) is 3.53 Å². The molecular weight excluding hydrogens is 265 g/mol. The smallest absolute Gasteiger partial charge is 0.228 e. The second-order valence-corrected chi connectivity index (χ2v) is 3.04. The molecule has 0 spiro atoms. The minimum absolute atomic E-state index is 0.0828. The van der Waals surface area contributed by atoms with Gasteiger partial charge in [0.2, 0.25) is 5.91 Å². The van der Waals surface area contributed by atoms with E-state index < -0.39 is 0 Å². The summed E-state index contributed by atoms with van der Waals surface area (Å²) in [4.78, 5) is 10.9. The lowest BCUT2D eigenvalue weighted by atomic mass is 10.1. The van der Waals surface area contributed by atoms with E-state index in [0.29, 0.717) is 6.42 Å². The molecule has 0 atom stereocenters. The summed E-state index contributed by atoms with van der Waals surface area (Å²) in [6.07, 6.45) is 1.38. The summed E-state index contributed by atoms with van der Waals surface area (Å²) in [5, 5.41) is 0. The van der Waals surface area contributed by atoms with Crippen molar-refractivity contribution in [3.05, 3.63) is 35.9 Å². The first-order valence-corrected chi connectivity index (χ1v) is 4.84. The third-order valence-corrected chi connectivity index (χ3v) is 2.19. The third-order valence-electron chi connectivity index (χ3n) is 1.59. The number of carbonyl (C=O) groups excluding carboxylic acids is 1. The zero-order chi connectivity index (χ0) is 8.81. The van der Waals surface area contributed by atoms with Crippen LogP contribution in [0.1, 0.15) is 12.0 Å². The average molecular weight is 275 g/mol. The van der Waals surface area contributed by atoms with E-state index >= 15 is 0 Å². The number of amides is 1. The van der Waals surface area contributed by atoms with Crippen LogP contribution in [0, 0.1) is 0 Å². The fraction of sp³-hybridized carbons (Fsp3) is 0.222. The Balaban J connectivity index is 2.38. The molecule has 2 nitrogen and oxygen atoms in total. The van der Waals surface area contributed by atoms with Crippen molar-refractivity contribution in [1.29, 1.82) is 0 Å². The van der Waals surface area contributed by atoms with Gasteiger partial charge in [0.1, 0.15) is 0 Å². The number of rotatable bonds is 3. The second kappa shape index (κ2) is 5.13. The average Bonchev–Trinajstić information content (AvgIpc) is 2.16. The Hall–Kier alpha value is -0.580. The highest BCUT2D eigenvalue weighted by atomic mass is 127. The maximum absolute atomic E-state index is 10.9. The largest absolute Gasteiger partial charge is 0.299 e. The van der Waals surface area contributed by atoms with Gasteiger partial charge in [0.15, 0.2) is 0 Å². The highest BCUT2D eigenvalue weighted by Crippen LogP contribution is 2.02. The van der Waals surface area contributed by atoms with E-state index in [1.165, 1.54) is 5.56 Å². The molecule has 0 fully saturated rings. The first-order valence-electron chi connectivity index (χ1n) is 3.76. The zero-order valence-corrected chi connectivity index (χ0v) is 8.74. The lowest BCUT2D eigenvalue weighted by Gasteiger charge is -1.98. The highest BCUT2D eigenvalue weighted by molar-refractivity contribution is 14.1. The Morgan fingerprint density at radius 2 is 2.00 bits per heavy atom. The normalized spacial score (nSPS) is 9.42. The summed E-state index contributed by atoms with van der Waals surface area (Å²) < 4.78 is 2.57. The molecule has 0 aliphatic carbocycles. The molecule has 3 heteroatoms. The minimum Gasteiger partial charge on any atom is -0.299 e. The van der Waals surface area contributed by atoms with Crippen molar-refractivity contribution < 1.29 is 4.79 Å². The Kier molecular flexibility index (Phi) is 4.07. The van der Waals surface area contributed by atoms with Crippen LogP contribution in [0.3, 0.4) is 0 Å². The summed E-state index contributed by atoms with van der Waals surface area (Å²) >= 11 is 1.86. The molecule has 0 heterocycles. The lowest BCUT2D eigenvalue weighted by molar-refractivity contribution is -0.118. The molecule has 1 rings (SSSR count). The van der Waals surface area contributed by atoms with Gasteiger partial charge in [-0.2, -0.15) is 0 Å². The molecule has 0 bridgehead atoms. The third kappa shape index (κ3) is 3.21. The van der Waals surface area contributed by atoms with Gasteiger partial charge in [-0.1, -0.05) is 30.3 Å². The molecule has 0 aromatic heterocycles. The van der Waals surface area contributed by atoms with Crippen molar-refractivity contribution in [2.24, 2.45) is 0 Å². The van der Waals surface area contributed by atoms with Gasteiger partial charge in [0.05, 0.1) is 22.9 Å². The van der Waals surface area contributed by atoms with Gasteiger partial charge in [-0.05, 0) is 12.0 Å². The van der Waals surface area contributed by atoms with Crippen molar-refractivity contribution in [3.63, 3.8) is 0 Å². The number of benzene rings is 1. The summed E-state index contributed by atoms with van der Waals surface area (Å²) in [5.74, 6) is 0.0828. The first kappa shape index (κ1) is 9.51. The van der Waals surface area contributed by atoms with Gasteiger partial charge < -0.3 is 0 Å². The molecule has 0 unspecified atom stereocenters. The van der Waals surface area contributed by atoms with Crippen molar-refractivity contribution in [1.82, 2.24) is 3.53 Å². The van der Waals surface area contributed by atoms with Crippen LogP contribution in [0.4, 0.5) is 0 Å². The lowest BCUT2D eigenvalue weighted by Crippen LogP contribution is -2.11. The maximum atomic E-state index is 10.9. The van der Waals surface area contributed by atoms with Crippen LogP contribution in [-0.2, 0) is 11.2 Å². The van der Waals surface area contributed by atoms with E-state index in [4.69, 9.17) is 0 Å². The summed E-state index contributed by atoms with van der Waals surface area (Å²) in [7, 11) is 0. The van der Waals surface area contributed by atoms with Crippen LogP contribution >= 0.6 is 22.9 Å². The van der Waals surface area contributed by atoms with Crippen molar-refractivity contribution in [3.8, 4) is 0 Å². The number of aryl methyl sites for hydroxylation is 1. The van der Waals surface area contributed by atoms with Crippen LogP contribution in [0.15, 0.2) is 30.3 Å². The quantitative estimate of drug-likeness (QED) is 0.664. The Morgan fingerprint density at radius 3 is 2.58 bits per heavy atom. The number of carbonyl (C=O) groups is 1. The van der Waals surface area contributed by atoms with E-state index in [1.807, 2.05) is 53.2 Å². The number of hydrogen-bond acceptors (Lipinski definition) is 1. The molecule has 0 saturated carbocycles. The Bertz CT molecular complexity index is 248. The summed E-state index contributed by atoms with van der Waals surface area (Å²) in [6.45, 7) is 0. The van der Waals surface area contributed by atoms with Gasteiger partial charge in [0, 0.05) is 6.42 Å². The topological polar surface area (TPSA) is 29.1 Å². The second-order valence-electron chi connectivity index (χ2n) is 2.50. The number of halogens is 1. The van der Waals surface area contributed by atoms with Crippen LogP contribution in [0.5, 0.6) is 0 Å². The molecule has 0 saturated heterocycles. The Morgan fingerprint density at radius 1 is 1.33 bits per heavy atom. The first-order chi connectivity index (χ1) is 5.83. The molecule has 0 radical (unpaired) electrons. The number of hydrogen-bond donors (Lipinski definition) is 1. The molecule has 0 aliphatic heterocycles. The molecule has 1 aromatic carbocycles. The fourth-order valence-corrected chi connectivity index (χ4v) is 1.22. The van der Waals surface area contributed by atoms with Gasteiger partial charge in [-0.3, -0.25) is 8.32 Å². The van der Waals surface area contributed by atoms with Crippen molar-refractivity contribution >= 4 is 28.8 Å². The summed E-state index contributed by atoms with van der Waals surface area (Å²) in [6, 6.07) is 10.00. The molecule has 12 heavy (non-hydrogen) atoms. The van der Waals surface area contributed by atoms with Crippen LogP contribution in [0.2, 0.25) is 0 Å². The van der Waals surface area contributed by atoms with Gasteiger partial charge in [0.25, 0.3) is 0 Å². The van der Waals surface area contributed by atoms with Gasteiger partial charge in [-0.25, -0.2) is 0 Å². The highest BCUT2D eigenvalue weighted by Gasteiger charge is 1.98. The van der Waals surface area contributed by atoms with E-state index in [-0.39, 0.29) is 5.91 Å². The minimum atomic E-state index is 0.0828. The van der Waals surface area contributed by atoms with E-state index in [0.717, 1.165) is 6.42 Å². The zero-order valence-electron chi connectivity index (χ0n) is 6.59. The number of nitrogens with one attached hydrogen (secondary N) is 1. The predicted octanol–water partition coefficient (Wildman–Crippen LogP) is 2.09. The van der Waals surface area contributed by atoms with Crippen molar-refractivity contribution in [2.75, 3.05) is 0 Å². The van der Waals surface area contributed by atoms with E-state index in [1.54, 1.807) is 0 Å². The predicted molar refractivity (Wildman–Crippen MR) is 56.9 cm³/mol. The van der Waals surface area contributed by atoms with Gasteiger partial charge in [-0.15, -0.1) is 0 Å². The molecule has 0 aliphatic rings. The molecular formula is C9H10INO. The van der Waals surface area contributed by atoms with Crippen LogP contribution in [0.25, 0.3) is 0 Å². The molecule has 64 valence electrons. The molecule has 1 amide bonds.